The van der Waals surface area contributed by atoms with Crippen LogP contribution in [0.3, 0.4) is 0 Å². The number of hydrogen-bond acceptors (Lipinski definition) is 1. The largest absolute Gasteiger partial charge is 0.394 e. The number of aliphatic hydroxyl groups excluding tert-OH is 1. The Hall–Kier alpha value is 0.137. The molecule has 8 heavy (non-hydrogen) atoms. The highest BCUT2D eigenvalue weighted by molar-refractivity contribution is 6.28. The van der Waals surface area contributed by atoms with E-state index in [1.807, 2.05) is 0 Å². The van der Waals surface area contributed by atoms with Crippen LogP contribution >= 0.6 is 0 Å². The van der Waals surface area contributed by atoms with Crippen LogP contribution in [-0.2, 0) is 0 Å². The van der Waals surface area contributed by atoms with Crippen molar-refractivity contribution in [3.05, 3.63) is 6.92 Å². The molecule has 0 rings (SSSR count). The lowest BCUT2D eigenvalue weighted by Gasteiger charge is -2.25. The molecule has 0 bridgehead atoms. The molecule has 0 aliphatic rings. The molecule has 0 spiro atoms. The summed E-state index contributed by atoms with van der Waals surface area (Å²) < 4.78 is 0.907. The minimum Gasteiger partial charge on any atom is -0.394 e. The van der Waals surface area contributed by atoms with E-state index in [0.717, 1.165) is 4.15 Å². The van der Waals surface area contributed by atoms with Gasteiger partial charge in [-0.25, -0.2) is 0 Å². The molecule has 1 N–H and O–H groups in total. The Morgan fingerprint density at radius 3 is 1.88 bits per heavy atom. The third-order valence-corrected chi connectivity index (χ3v) is 2.28. The number of rotatable bonds is 2. The smallest absolute Gasteiger partial charge is 0.283 e. The second-order valence-corrected chi connectivity index (χ2v) is 6.33. The zero-order valence-electron chi connectivity index (χ0n) is 5.89. The van der Waals surface area contributed by atoms with Crippen molar-refractivity contribution in [1.29, 1.82) is 0 Å². The third kappa shape index (κ3) is 6.14. The Bertz CT molecular complexity index is 67.3. The molecule has 0 heterocycles. The molecule has 1 radical (unpaired) electrons. The Kier molecular flexibility index (Phi) is 2.66. The molecule has 0 aromatic carbocycles. The Balaban J connectivity index is 3.39. The summed E-state index contributed by atoms with van der Waals surface area (Å²) >= 11 is 0. The van der Waals surface area contributed by atoms with Crippen molar-refractivity contribution in [3.8, 4) is 0 Å². The van der Waals surface area contributed by atoms with Crippen molar-refractivity contribution < 1.29 is 9.26 Å². The van der Waals surface area contributed by atoms with Gasteiger partial charge in [0.05, 0.1) is 26.9 Å². The maximum absolute atomic E-state index is 8.82. The summed E-state index contributed by atoms with van der Waals surface area (Å²) in [6.07, 6.45) is 0. The number of hydrogen-bond donors (Lipinski definition) is 1. The fourth-order valence-electron chi connectivity index (χ4n) is 0.632. The predicted octanol–water partition coefficient (Wildman–Crippen LogP) is -1.07. The van der Waals surface area contributed by atoms with Gasteiger partial charge in [-0.05, 0) is 6.92 Å². The molecule has 0 aliphatic carbocycles. The number of aliphatic hydroxyl groups is 1. The van der Waals surface area contributed by atoms with E-state index in [2.05, 4.69) is 28.1 Å². The normalized spacial score (nSPS) is 17.6. The summed E-state index contributed by atoms with van der Waals surface area (Å²) in [6.45, 7) is 3.53. The van der Waals surface area contributed by atoms with Crippen LogP contribution in [0, 0.1) is 6.92 Å². The number of quaternary nitrogens is 1. The lowest BCUT2D eigenvalue weighted by Crippen LogP contribution is -2.44. The second kappa shape index (κ2) is 2.62. The van der Waals surface area contributed by atoms with E-state index in [1.165, 1.54) is 0 Å². The molecule has 1 atom stereocenters. The maximum atomic E-state index is 8.82. The van der Waals surface area contributed by atoms with Gasteiger partial charge in [0.2, 0.25) is 0 Å². The van der Waals surface area contributed by atoms with Crippen LogP contribution < -0.4 is 0 Å². The van der Waals surface area contributed by atoms with Gasteiger partial charge in [0.25, 0.3) is 9.68 Å². The maximum Gasteiger partial charge on any atom is 0.283 e. The fraction of sp³-hybridized carbons (Fsp3) is 0.800. The first-order valence-electron chi connectivity index (χ1n) is 2.73. The van der Waals surface area contributed by atoms with E-state index < -0.39 is 9.68 Å². The summed E-state index contributed by atoms with van der Waals surface area (Å²) in [4.78, 5) is 0. The van der Waals surface area contributed by atoms with E-state index in [1.54, 1.807) is 0 Å². The zero-order chi connectivity index (χ0) is 6.78. The lowest BCUT2D eigenvalue weighted by molar-refractivity contribution is -0.757. The van der Waals surface area contributed by atoms with Gasteiger partial charge in [-0.1, -0.05) is 0 Å². The second-order valence-electron chi connectivity index (χ2n) is 3.13. The molecule has 2 nitrogen and oxygen atoms in total. The van der Waals surface area contributed by atoms with Gasteiger partial charge in [-0.15, -0.1) is 0 Å². The highest BCUT2D eigenvalue weighted by Crippen LogP contribution is 1.88. The Morgan fingerprint density at radius 1 is 1.50 bits per heavy atom. The predicted molar refractivity (Wildman–Crippen MR) is 37.9 cm³/mol. The van der Waals surface area contributed by atoms with Crippen molar-refractivity contribution in [1.82, 2.24) is 0 Å². The average Bonchev–Trinajstić information content (AvgIpc) is 1.21. The van der Waals surface area contributed by atoms with Crippen molar-refractivity contribution in [3.63, 3.8) is 0 Å². The quantitative estimate of drug-likeness (QED) is 0.476. The SMILES string of the molecule is [CH2]C(O)[SiH2][N+](C)(C)C. The molecule has 0 aromatic rings. The standard InChI is InChI=1S/C5H15NOSi/c1-5(7)8-6(2,3)4/h5,7H,1,8H2,2-4H3/q+1. The van der Waals surface area contributed by atoms with E-state index in [4.69, 9.17) is 5.11 Å². The highest BCUT2D eigenvalue weighted by Gasteiger charge is 2.11. The highest BCUT2D eigenvalue weighted by atomic mass is 28.2. The van der Waals surface area contributed by atoms with Gasteiger partial charge in [0.1, 0.15) is 0 Å². The van der Waals surface area contributed by atoms with E-state index in [0.29, 0.717) is 0 Å². The molecule has 0 saturated heterocycles. The third-order valence-electron chi connectivity index (χ3n) is 0.758. The van der Waals surface area contributed by atoms with Crippen molar-refractivity contribution >= 4 is 9.68 Å². The summed E-state index contributed by atoms with van der Waals surface area (Å²) in [5.74, 6) is 0. The monoisotopic (exact) mass is 133 g/mol. The molecule has 0 amide bonds. The van der Waals surface area contributed by atoms with E-state index >= 15 is 0 Å². The van der Waals surface area contributed by atoms with Gasteiger partial charge in [0.15, 0.2) is 0 Å². The topological polar surface area (TPSA) is 20.2 Å². The zero-order valence-corrected chi connectivity index (χ0v) is 7.30. The summed E-state index contributed by atoms with van der Waals surface area (Å²) in [6, 6.07) is 0. The first-order valence-corrected chi connectivity index (χ1v) is 4.18. The molecule has 1 unspecified atom stereocenters. The van der Waals surface area contributed by atoms with Crippen LogP contribution in [0.15, 0.2) is 0 Å². The van der Waals surface area contributed by atoms with E-state index in [9.17, 15) is 0 Å². The molecule has 0 aromatic heterocycles. The number of nitrogens with zero attached hydrogens (tertiary/aromatic N) is 1. The summed E-state index contributed by atoms with van der Waals surface area (Å²) in [5.41, 5.74) is -0.296. The van der Waals surface area contributed by atoms with Crippen LogP contribution in [-0.4, -0.2) is 45.8 Å². The van der Waals surface area contributed by atoms with Gasteiger partial charge >= 0.3 is 0 Å². The van der Waals surface area contributed by atoms with Crippen molar-refractivity contribution in [2.24, 2.45) is 0 Å². The summed E-state index contributed by atoms with van der Waals surface area (Å²) in [5, 5.41) is 8.82. The molecule has 0 aliphatic heterocycles. The minimum atomic E-state index is -0.434. The van der Waals surface area contributed by atoms with Crippen LogP contribution in [0.4, 0.5) is 0 Å². The molecule has 0 fully saturated rings. The molecular formula is C5H15NOSi+. The van der Waals surface area contributed by atoms with Crippen LogP contribution in [0.25, 0.3) is 0 Å². The minimum absolute atomic E-state index is 0.296. The molecule has 49 valence electrons. The van der Waals surface area contributed by atoms with Crippen LogP contribution in [0.2, 0.25) is 0 Å². The van der Waals surface area contributed by atoms with Gasteiger partial charge in [0, 0.05) is 0 Å². The first kappa shape index (κ1) is 8.14. The van der Waals surface area contributed by atoms with Gasteiger partial charge in [-0.3, -0.25) is 0 Å². The fourth-order valence-corrected chi connectivity index (χ4v) is 1.90. The van der Waals surface area contributed by atoms with Crippen molar-refractivity contribution in [2.45, 2.75) is 5.73 Å². The first-order chi connectivity index (χ1) is 3.42. The lowest BCUT2D eigenvalue weighted by atomic mass is 10.9. The summed E-state index contributed by atoms with van der Waals surface area (Å²) in [7, 11) is 5.82. The van der Waals surface area contributed by atoms with Gasteiger partial charge < -0.3 is 9.26 Å². The molecule has 3 heteroatoms. The average molecular weight is 133 g/mol. The van der Waals surface area contributed by atoms with Crippen LogP contribution in [0.5, 0.6) is 0 Å². The Labute approximate surface area is 53.6 Å². The van der Waals surface area contributed by atoms with Crippen LogP contribution in [0.1, 0.15) is 0 Å². The van der Waals surface area contributed by atoms with E-state index in [-0.39, 0.29) is 5.73 Å². The molecular weight excluding hydrogens is 118 g/mol. The van der Waals surface area contributed by atoms with Gasteiger partial charge in [-0.2, -0.15) is 0 Å². The van der Waals surface area contributed by atoms with Crippen molar-refractivity contribution in [2.75, 3.05) is 21.1 Å². The Morgan fingerprint density at radius 2 is 1.88 bits per heavy atom. The molecule has 0 saturated carbocycles.